The van der Waals surface area contributed by atoms with Crippen LogP contribution in [0.2, 0.25) is 0 Å². The lowest BCUT2D eigenvalue weighted by molar-refractivity contribution is 0.587. The van der Waals surface area contributed by atoms with Crippen LogP contribution in [-0.4, -0.2) is 21.5 Å². The van der Waals surface area contributed by atoms with E-state index < -0.39 is 0 Å². The van der Waals surface area contributed by atoms with Gasteiger partial charge in [0.2, 0.25) is 0 Å². The van der Waals surface area contributed by atoms with E-state index in [0.717, 1.165) is 24.0 Å². The Labute approximate surface area is 124 Å². The summed E-state index contributed by atoms with van der Waals surface area (Å²) in [5, 5.41) is 5.91. The Balaban J connectivity index is 2.10. The third kappa shape index (κ3) is 2.90. The Morgan fingerprint density at radius 3 is 2.76 bits per heavy atom. The molecule has 0 aliphatic carbocycles. The van der Waals surface area contributed by atoms with Crippen LogP contribution in [0.5, 0.6) is 0 Å². The van der Waals surface area contributed by atoms with Crippen molar-refractivity contribution < 1.29 is 0 Å². The fraction of sp³-hybridized carbons (Fsp3) is 0.235. The summed E-state index contributed by atoms with van der Waals surface area (Å²) < 4.78 is 0. The van der Waals surface area contributed by atoms with Crippen molar-refractivity contribution >= 4 is 10.8 Å². The first-order chi connectivity index (χ1) is 10.4. The van der Waals surface area contributed by atoms with Crippen molar-refractivity contribution in [3.8, 4) is 0 Å². The molecule has 0 spiro atoms. The second-order valence-electron chi connectivity index (χ2n) is 4.96. The molecular formula is C17H18N4. The molecule has 3 aromatic rings. The molecule has 1 aromatic carbocycles. The fourth-order valence-electron chi connectivity index (χ4n) is 2.51. The summed E-state index contributed by atoms with van der Waals surface area (Å²) in [6, 6.07) is 8.38. The van der Waals surface area contributed by atoms with Gasteiger partial charge in [0.05, 0.1) is 17.9 Å². The normalized spacial score (nSPS) is 12.4. The van der Waals surface area contributed by atoms with E-state index in [-0.39, 0.29) is 6.04 Å². The highest BCUT2D eigenvalue weighted by atomic mass is 14.9. The number of benzene rings is 1. The Hall–Kier alpha value is -2.33. The summed E-state index contributed by atoms with van der Waals surface area (Å²) in [4.78, 5) is 12.9. The van der Waals surface area contributed by atoms with Gasteiger partial charge in [-0.3, -0.25) is 15.0 Å². The third-order valence-corrected chi connectivity index (χ3v) is 3.51. The lowest BCUT2D eigenvalue weighted by atomic mass is 9.98. The van der Waals surface area contributed by atoms with Crippen LogP contribution < -0.4 is 5.32 Å². The van der Waals surface area contributed by atoms with E-state index in [4.69, 9.17) is 0 Å². The maximum Gasteiger partial charge on any atom is 0.0801 e. The minimum atomic E-state index is 0.0338. The molecule has 0 aliphatic heterocycles. The van der Waals surface area contributed by atoms with Gasteiger partial charge in [-0.15, -0.1) is 0 Å². The van der Waals surface area contributed by atoms with Gasteiger partial charge in [-0.2, -0.15) is 0 Å². The molecule has 21 heavy (non-hydrogen) atoms. The first-order valence-electron chi connectivity index (χ1n) is 7.22. The van der Waals surface area contributed by atoms with E-state index in [1.165, 1.54) is 10.9 Å². The summed E-state index contributed by atoms with van der Waals surface area (Å²) in [7, 11) is 0. The average molecular weight is 278 g/mol. The molecule has 3 rings (SSSR count). The van der Waals surface area contributed by atoms with E-state index in [2.05, 4.69) is 45.4 Å². The monoisotopic (exact) mass is 278 g/mol. The lowest BCUT2D eigenvalue weighted by Gasteiger charge is -2.19. The molecule has 1 atom stereocenters. The molecule has 0 bridgehead atoms. The highest BCUT2D eigenvalue weighted by Crippen LogP contribution is 2.27. The molecule has 1 N–H and O–H groups in total. The highest BCUT2D eigenvalue weighted by molar-refractivity contribution is 5.85. The average Bonchev–Trinajstić information content (AvgIpc) is 2.56. The summed E-state index contributed by atoms with van der Waals surface area (Å²) in [5.74, 6) is 0. The number of pyridine rings is 1. The van der Waals surface area contributed by atoms with Crippen LogP contribution in [0.15, 0.2) is 55.2 Å². The van der Waals surface area contributed by atoms with E-state index in [9.17, 15) is 0 Å². The molecule has 106 valence electrons. The summed E-state index contributed by atoms with van der Waals surface area (Å²) >= 11 is 0. The Morgan fingerprint density at radius 1 is 1.05 bits per heavy atom. The van der Waals surface area contributed by atoms with Gasteiger partial charge in [-0.1, -0.05) is 25.1 Å². The van der Waals surface area contributed by atoms with Crippen LogP contribution in [0.25, 0.3) is 10.8 Å². The minimum absolute atomic E-state index is 0.0338. The standard InChI is InChI=1S/C17H18N4/c1-2-7-21-17(16-12-19-9-10-20-16)14-5-3-4-13-6-8-18-11-15(13)14/h3-6,8-12,17,21H,2,7H2,1H3. The smallest absolute Gasteiger partial charge is 0.0801 e. The molecule has 4 nitrogen and oxygen atoms in total. The summed E-state index contributed by atoms with van der Waals surface area (Å²) in [5.41, 5.74) is 2.12. The first kappa shape index (κ1) is 13.6. The number of hydrogen-bond donors (Lipinski definition) is 1. The Kier molecular flexibility index (Phi) is 4.17. The Morgan fingerprint density at radius 2 is 1.95 bits per heavy atom. The first-order valence-corrected chi connectivity index (χ1v) is 7.22. The fourth-order valence-corrected chi connectivity index (χ4v) is 2.51. The van der Waals surface area contributed by atoms with Crippen molar-refractivity contribution in [3.05, 3.63) is 66.5 Å². The zero-order valence-corrected chi connectivity index (χ0v) is 12.0. The molecule has 0 radical (unpaired) electrons. The number of fused-ring (bicyclic) bond motifs is 1. The maximum atomic E-state index is 4.47. The second kappa shape index (κ2) is 6.41. The van der Waals surface area contributed by atoms with E-state index in [1.54, 1.807) is 12.4 Å². The van der Waals surface area contributed by atoms with E-state index in [1.807, 2.05) is 24.7 Å². The van der Waals surface area contributed by atoms with Gasteiger partial charge in [0, 0.05) is 30.2 Å². The second-order valence-corrected chi connectivity index (χ2v) is 4.96. The van der Waals surface area contributed by atoms with Gasteiger partial charge in [-0.25, -0.2) is 0 Å². The lowest BCUT2D eigenvalue weighted by Crippen LogP contribution is -2.24. The van der Waals surface area contributed by atoms with Crippen LogP contribution in [-0.2, 0) is 0 Å². The number of hydrogen-bond acceptors (Lipinski definition) is 4. The minimum Gasteiger partial charge on any atom is -0.305 e. The molecule has 0 saturated carbocycles. The summed E-state index contributed by atoms with van der Waals surface area (Å²) in [6.07, 6.45) is 10.1. The summed E-state index contributed by atoms with van der Waals surface area (Å²) in [6.45, 7) is 3.09. The number of aromatic nitrogens is 3. The van der Waals surface area contributed by atoms with Crippen molar-refractivity contribution in [2.75, 3.05) is 6.54 Å². The molecule has 0 saturated heterocycles. The van der Waals surface area contributed by atoms with Crippen LogP contribution in [0.1, 0.15) is 30.6 Å². The van der Waals surface area contributed by atoms with Gasteiger partial charge in [0.1, 0.15) is 0 Å². The van der Waals surface area contributed by atoms with Gasteiger partial charge in [-0.05, 0) is 30.0 Å². The molecule has 0 fully saturated rings. The predicted molar refractivity (Wildman–Crippen MR) is 83.9 cm³/mol. The van der Waals surface area contributed by atoms with Crippen molar-refractivity contribution in [1.29, 1.82) is 0 Å². The van der Waals surface area contributed by atoms with Crippen molar-refractivity contribution in [2.24, 2.45) is 0 Å². The largest absolute Gasteiger partial charge is 0.305 e. The SMILES string of the molecule is CCCNC(c1cnccn1)c1cccc2ccncc12. The molecule has 0 aliphatic rings. The van der Waals surface area contributed by atoms with Crippen molar-refractivity contribution in [2.45, 2.75) is 19.4 Å². The molecule has 0 amide bonds. The quantitative estimate of drug-likeness (QED) is 0.779. The molecule has 2 aromatic heterocycles. The van der Waals surface area contributed by atoms with E-state index in [0.29, 0.717) is 0 Å². The van der Waals surface area contributed by atoms with Crippen LogP contribution >= 0.6 is 0 Å². The molecule has 4 heteroatoms. The predicted octanol–water partition coefficient (Wildman–Crippen LogP) is 3.11. The molecule has 2 heterocycles. The molecule has 1 unspecified atom stereocenters. The van der Waals surface area contributed by atoms with E-state index >= 15 is 0 Å². The van der Waals surface area contributed by atoms with Crippen molar-refractivity contribution in [3.63, 3.8) is 0 Å². The zero-order valence-electron chi connectivity index (χ0n) is 12.0. The number of rotatable bonds is 5. The van der Waals surface area contributed by atoms with Crippen LogP contribution in [0.3, 0.4) is 0 Å². The van der Waals surface area contributed by atoms with Gasteiger partial charge in [0.15, 0.2) is 0 Å². The van der Waals surface area contributed by atoms with Crippen molar-refractivity contribution in [1.82, 2.24) is 20.3 Å². The number of nitrogens with zero attached hydrogens (tertiary/aromatic N) is 3. The maximum absolute atomic E-state index is 4.47. The topological polar surface area (TPSA) is 50.7 Å². The van der Waals surface area contributed by atoms with Gasteiger partial charge in [0.25, 0.3) is 0 Å². The number of nitrogens with one attached hydrogen (secondary N) is 1. The Bertz CT molecular complexity index is 707. The van der Waals surface area contributed by atoms with Gasteiger partial charge >= 0.3 is 0 Å². The zero-order chi connectivity index (χ0) is 14.5. The third-order valence-electron chi connectivity index (χ3n) is 3.51. The van der Waals surface area contributed by atoms with Gasteiger partial charge < -0.3 is 5.32 Å². The van der Waals surface area contributed by atoms with Crippen LogP contribution in [0.4, 0.5) is 0 Å². The molecular weight excluding hydrogens is 260 g/mol. The van der Waals surface area contributed by atoms with Crippen LogP contribution in [0, 0.1) is 0 Å². The highest BCUT2D eigenvalue weighted by Gasteiger charge is 2.17.